The van der Waals surface area contributed by atoms with Gasteiger partial charge in [0, 0.05) is 12.3 Å². The molecule has 0 saturated carbocycles. The van der Waals surface area contributed by atoms with Gasteiger partial charge in [-0.3, -0.25) is 0 Å². The summed E-state index contributed by atoms with van der Waals surface area (Å²) >= 11 is 1.66. The summed E-state index contributed by atoms with van der Waals surface area (Å²) in [6, 6.07) is 10.5. The predicted molar refractivity (Wildman–Crippen MR) is 114 cm³/mol. The second-order valence-corrected chi connectivity index (χ2v) is 7.52. The predicted octanol–water partition coefficient (Wildman–Crippen LogP) is 4.88. The average Bonchev–Trinajstić information content (AvgIpc) is 3.09. The topological polar surface area (TPSA) is 69.6 Å². The Morgan fingerprint density at radius 3 is 2.78 bits per heavy atom. The maximum absolute atomic E-state index is 6.11. The van der Waals surface area contributed by atoms with Gasteiger partial charge in [0.15, 0.2) is 16.6 Å². The fraction of sp³-hybridized carbons (Fsp3) is 0.381. The molecule has 2 heterocycles. The van der Waals surface area contributed by atoms with Crippen LogP contribution >= 0.6 is 11.8 Å². The van der Waals surface area contributed by atoms with Gasteiger partial charge < -0.3 is 10.3 Å². The van der Waals surface area contributed by atoms with Gasteiger partial charge in [-0.05, 0) is 37.7 Å². The molecule has 0 aliphatic heterocycles. The van der Waals surface area contributed by atoms with Crippen molar-refractivity contribution in [3.8, 4) is 0 Å². The number of aryl methyl sites for hydroxylation is 2. The van der Waals surface area contributed by atoms with Crippen molar-refractivity contribution in [1.82, 2.24) is 19.5 Å². The van der Waals surface area contributed by atoms with E-state index in [1.807, 2.05) is 12.4 Å². The van der Waals surface area contributed by atoms with Gasteiger partial charge in [-0.25, -0.2) is 15.0 Å². The van der Waals surface area contributed by atoms with Gasteiger partial charge in [0.05, 0.1) is 6.33 Å². The third-order valence-electron chi connectivity index (χ3n) is 4.33. The zero-order chi connectivity index (χ0) is 18.9. The number of fused-ring (bicyclic) bond motifs is 1. The van der Waals surface area contributed by atoms with Gasteiger partial charge >= 0.3 is 0 Å². The van der Waals surface area contributed by atoms with Crippen LogP contribution in [0.5, 0.6) is 0 Å². The van der Waals surface area contributed by atoms with E-state index >= 15 is 0 Å². The number of nitrogen functional groups attached to an aromatic ring is 1. The molecule has 0 spiro atoms. The summed E-state index contributed by atoms with van der Waals surface area (Å²) in [6.45, 7) is 3.04. The first-order valence-corrected chi connectivity index (χ1v) is 10.6. The first-order valence-electron chi connectivity index (χ1n) is 9.58. The molecule has 0 fully saturated rings. The van der Waals surface area contributed by atoms with Gasteiger partial charge in [0.25, 0.3) is 0 Å². The zero-order valence-corrected chi connectivity index (χ0v) is 16.7. The summed E-state index contributed by atoms with van der Waals surface area (Å²) in [5, 5.41) is 0.737. The number of nitrogens with two attached hydrogens (primary N) is 1. The number of hydrogen-bond acceptors (Lipinski definition) is 5. The number of nitrogens with zero attached hydrogens (tertiary/aromatic N) is 4. The number of allylic oxidation sites excluding steroid dienone is 2. The van der Waals surface area contributed by atoms with Crippen molar-refractivity contribution < 1.29 is 0 Å². The molecule has 1 aromatic carbocycles. The van der Waals surface area contributed by atoms with E-state index in [1.54, 1.807) is 11.8 Å². The largest absolute Gasteiger partial charge is 0.382 e. The highest BCUT2D eigenvalue weighted by Gasteiger charge is 2.11. The Balaban J connectivity index is 1.58. The highest BCUT2D eigenvalue weighted by molar-refractivity contribution is 7.99. The van der Waals surface area contributed by atoms with Crippen molar-refractivity contribution in [3.05, 3.63) is 54.4 Å². The second kappa shape index (κ2) is 10.1. The fourth-order valence-corrected chi connectivity index (χ4v) is 3.71. The molecule has 0 radical (unpaired) electrons. The number of benzene rings is 1. The molecule has 27 heavy (non-hydrogen) atoms. The van der Waals surface area contributed by atoms with E-state index in [0.717, 1.165) is 55.2 Å². The lowest BCUT2D eigenvalue weighted by Crippen LogP contribution is -2.02. The van der Waals surface area contributed by atoms with Gasteiger partial charge in [-0.15, -0.1) is 0 Å². The van der Waals surface area contributed by atoms with E-state index in [0.29, 0.717) is 11.3 Å². The van der Waals surface area contributed by atoms with Crippen molar-refractivity contribution in [2.24, 2.45) is 0 Å². The molecule has 3 rings (SSSR count). The van der Waals surface area contributed by atoms with Crippen molar-refractivity contribution in [2.45, 2.75) is 50.7 Å². The molecule has 0 bridgehead atoms. The first-order chi connectivity index (χ1) is 13.3. The van der Waals surface area contributed by atoms with E-state index in [9.17, 15) is 0 Å². The number of rotatable bonds is 10. The Labute approximate surface area is 165 Å². The minimum Gasteiger partial charge on any atom is -0.382 e. The number of anilines is 1. The van der Waals surface area contributed by atoms with Crippen LogP contribution in [-0.2, 0) is 13.0 Å². The molecule has 2 N–H and O–H groups in total. The summed E-state index contributed by atoms with van der Waals surface area (Å²) in [6.07, 6.45) is 11.6. The van der Waals surface area contributed by atoms with E-state index in [4.69, 9.17) is 10.7 Å². The lowest BCUT2D eigenvalue weighted by atomic mass is 10.1. The molecule has 0 saturated heterocycles. The van der Waals surface area contributed by atoms with Crippen LogP contribution in [0.2, 0.25) is 0 Å². The second-order valence-electron chi connectivity index (χ2n) is 6.46. The molecule has 0 amide bonds. The molecular weight excluding hydrogens is 354 g/mol. The zero-order valence-electron chi connectivity index (χ0n) is 15.8. The van der Waals surface area contributed by atoms with Crippen LogP contribution in [0.25, 0.3) is 11.2 Å². The molecule has 0 atom stereocenters. The maximum Gasteiger partial charge on any atom is 0.191 e. The van der Waals surface area contributed by atoms with Crippen LogP contribution in [0.3, 0.4) is 0 Å². The third-order valence-corrected chi connectivity index (χ3v) is 5.26. The van der Waals surface area contributed by atoms with Crippen LogP contribution in [0.1, 0.15) is 38.2 Å². The van der Waals surface area contributed by atoms with Gasteiger partial charge in [0.2, 0.25) is 0 Å². The number of aromatic nitrogens is 4. The van der Waals surface area contributed by atoms with Crippen LogP contribution in [-0.4, -0.2) is 25.3 Å². The van der Waals surface area contributed by atoms with Crippen LogP contribution < -0.4 is 5.73 Å². The van der Waals surface area contributed by atoms with E-state index in [2.05, 4.69) is 57.9 Å². The van der Waals surface area contributed by atoms with Gasteiger partial charge in [-0.2, -0.15) is 0 Å². The number of thioether (sulfide) groups is 1. The molecule has 6 heteroatoms. The Bertz CT molecular complexity index is 873. The standard InChI is InChI=1S/C21H27N5S/c1-2-3-4-5-9-14-26-16-23-18-19(22)24-21(25-20(18)26)27-15-10-13-17-11-7-6-8-12-17/h3-4,6-8,11-12,16H,2,5,9-10,13-15H2,1H3,(H2,22,24,25). The molecule has 0 aliphatic rings. The summed E-state index contributed by atoms with van der Waals surface area (Å²) in [5.41, 5.74) is 9.02. The van der Waals surface area contributed by atoms with Crippen molar-refractivity contribution in [1.29, 1.82) is 0 Å². The Morgan fingerprint density at radius 2 is 1.96 bits per heavy atom. The van der Waals surface area contributed by atoms with Crippen molar-refractivity contribution >= 4 is 28.7 Å². The number of imidazole rings is 1. The van der Waals surface area contributed by atoms with Crippen LogP contribution in [0, 0.1) is 0 Å². The van der Waals surface area contributed by atoms with Crippen LogP contribution in [0.4, 0.5) is 5.82 Å². The van der Waals surface area contributed by atoms with Crippen molar-refractivity contribution in [2.75, 3.05) is 11.5 Å². The number of hydrogen-bond donors (Lipinski definition) is 1. The molecule has 0 unspecified atom stereocenters. The monoisotopic (exact) mass is 381 g/mol. The lowest BCUT2D eigenvalue weighted by Gasteiger charge is -2.05. The van der Waals surface area contributed by atoms with Crippen molar-refractivity contribution in [3.63, 3.8) is 0 Å². The molecule has 2 aromatic heterocycles. The molecule has 3 aromatic rings. The summed E-state index contributed by atoms with van der Waals surface area (Å²) in [5.74, 6) is 1.44. The highest BCUT2D eigenvalue weighted by Crippen LogP contribution is 2.22. The quantitative estimate of drug-likeness (QED) is 0.235. The summed E-state index contributed by atoms with van der Waals surface area (Å²) < 4.78 is 2.08. The lowest BCUT2D eigenvalue weighted by molar-refractivity contribution is 0.658. The van der Waals surface area contributed by atoms with E-state index in [-0.39, 0.29) is 0 Å². The Hall–Kier alpha value is -2.34. The molecule has 5 nitrogen and oxygen atoms in total. The van der Waals surface area contributed by atoms with Crippen LogP contribution in [0.15, 0.2) is 54.0 Å². The smallest absolute Gasteiger partial charge is 0.191 e. The highest BCUT2D eigenvalue weighted by atomic mass is 32.2. The summed E-state index contributed by atoms with van der Waals surface area (Å²) in [7, 11) is 0. The molecule has 142 valence electrons. The first kappa shape index (κ1) is 19.4. The Kier molecular flexibility index (Phi) is 7.27. The summed E-state index contributed by atoms with van der Waals surface area (Å²) in [4.78, 5) is 13.5. The SMILES string of the molecule is CCC=CCCCn1cnc2c(N)nc(SCCCc3ccccc3)nc21. The Morgan fingerprint density at radius 1 is 1.11 bits per heavy atom. The normalized spacial score (nSPS) is 11.6. The number of unbranched alkanes of at least 4 members (excludes halogenated alkanes) is 1. The third kappa shape index (κ3) is 5.57. The van der Waals surface area contributed by atoms with Gasteiger partial charge in [-0.1, -0.05) is 61.2 Å². The van der Waals surface area contributed by atoms with E-state index < -0.39 is 0 Å². The minimum absolute atomic E-state index is 0.468. The maximum atomic E-state index is 6.11. The molecular formula is C21H27N5S. The minimum atomic E-state index is 0.468. The molecule has 0 aliphatic carbocycles. The fourth-order valence-electron chi connectivity index (χ4n) is 2.92. The van der Waals surface area contributed by atoms with Gasteiger partial charge in [0.1, 0.15) is 5.52 Å². The van der Waals surface area contributed by atoms with E-state index in [1.165, 1.54) is 5.56 Å². The average molecular weight is 382 g/mol.